The minimum absolute atomic E-state index is 0.182. The summed E-state index contributed by atoms with van der Waals surface area (Å²) in [6.45, 7) is 0.594. The van der Waals surface area contributed by atoms with Crippen molar-refractivity contribution < 1.29 is 28.9 Å². The molecule has 0 radical (unpaired) electrons. The maximum absolute atomic E-state index is 11.3. The Morgan fingerprint density at radius 2 is 0.979 bits per heavy atom. The number of rotatable bonds is 12. The molecule has 0 aliphatic rings. The van der Waals surface area contributed by atoms with Crippen molar-refractivity contribution in [3.63, 3.8) is 0 Å². The quantitative estimate of drug-likeness (QED) is 0.0664. The molecule has 0 amide bonds. The van der Waals surface area contributed by atoms with E-state index in [4.69, 9.17) is 33.0 Å². The summed E-state index contributed by atoms with van der Waals surface area (Å²) in [6.07, 6.45) is 1.88. The van der Waals surface area contributed by atoms with E-state index in [9.17, 15) is 9.59 Å². The van der Waals surface area contributed by atoms with E-state index >= 15 is 0 Å². The summed E-state index contributed by atoms with van der Waals surface area (Å²) in [6, 6.07) is 27.0. The highest BCUT2D eigenvalue weighted by Gasteiger charge is 2.05. The van der Waals surface area contributed by atoms with Crippen LogP contribution in [-0.2, 0) is 9.47 Å². The van der Waals surface area contributed by atoms with Gasteiger partial charge in [-0.2, -0.15) is 20.5 Å². The van der Waals surface area contributed by atoms with Crippen LogP contribution in [0.3, 0.4) is 0 Å². The fourth-order valence-electron chi connectivity index (χ4n) is 3.22. The summed E-state index contributed by atoms with van der Waals surface area (Å²) >= 11 is 14.1. The van der Waals surface area contributed by atoms with Gasteiger partial charge < -0.3 is 19.3 Å². The SMILES string of the molecule is COC(=O)c1ccc(N=Nc2ccc(O)cc2)cc1.COC(=O)c1ccc(N=Nc2ccc(OCCCCl)cc2)cc1.ClCCCBr. The van der Waals surface area contributed by atoms with Gasteiger partial charge >= 0.3 is 11.9 Å². The van der Waals surface area contributed by atoms with E-state index in [1.807, 2.05) is 24.3 Å². The minimum atomic E-state index is -0.387. The van der Waals surface area contributed by atoms with Crippen LogP contribution in [0.2, 0.25) is 0 Å². The van der Waals surface area contributed by atoms with Crippen molar-refractivity contribution in [2.45, 2.75) is 12.8 Å². The molecule has 0 bridgehead atoms. The molecule has 1 N–H and O–H groups in total. The van der Waals surface area contributed by atoms with Gasteiger partial charge in [0, 0.05) is 17.1 Å². The van der Waals surface area contributed by atoms with Crippen LogP contribution in [0.25, 0.3) is 0 Å². The number of halogens is 3. The van der Waals surface area contributed by atoms with Gasteiger partial charge in [-0.15, -0.1) is 23.2 Å². The van der Waals surface area contributed by atoms with Gasteiger partial charge in [0.1, 0.15) is 11.5 Å². The number of hydrogen-bond donors (Lipinski definition) is 1. The zero-order chi connectivity index (χ0) is 34.3. The minimum Gasteiger partial charge on any atom is -0.508 e. The Balaban J connectivity index is 0.000000290. The Kier molecular flexibility index (Phi) is 19.1. The number of esters is 2. The van der Waals surface area contributed by atoms with Gasteiger partial charge in [0.2, 0.25) is 0 Å². The van der Waals surface area contributed by atoms with Crippen molar-refractivity contribution in [3.8, 4) is 11.5 Å². The number of aromatic hydroxyl groups is 1. The van der Waals surface area contributed by atoms with Crippen molar-refractivity contribution in [2.24, 2.45) is 20.5 Å². The number of azo groups is 2. The maximum atomic E-state index is 11.3. The molecule has 0 spiro atoms. The lowest BCUT2D eigenvalue weighted by atomic mass is 10.2. The first-order valence-electron chi connectivity index (χ1n) is 14.2. The van der Waals surface area contributed by atoms with Crippen LogP contribution in [0.1, 0.15) is 33.6 Å². The second-order valence-corrected chi connectivity index (χ2v) is 10.7. The normalized spacial score (nSPS) is 10.4. The molecule has 47 heavy (non-hydrogen) atoms. The number of benzene rings is 4. The molecule has 0 saturated heterocycles. The first-order valence-corrected chi connectivity index (χ1v) is 16.4. The highest BCUT2D eigenvalue weighted by atomic mass is 79.9. The lowest BCUT2D eigenvalue weighted by molar-refractivity contribution is 0.0592. The van der Waals surface area contributed by atoms with Crippen LogP contribution in [0.5, 0.6) is 11.5 Å². The molecule has 0 atom stereocenters. The maximum Gasteiger partial charge on any atom is 0.337 e. The molecule has 0 saturated carbocycles. The average Bonchev–Trinajstić information content (AvgIpc) is 3.12. The Bertz CT molecular complexity index is 1540. The van der Waals surface area contributed by atoms with Gasteiger partial charge in [-0.3, -0.25) is 0 Å². The molecule has 10 nitrogen and oxygen atoms in total. The van der Waals surface area contributed by atoms with Crippen LogP contribution >= 0.6 is 39.1 Å². The third-order valence-corrected chi connectivity index (χ3v) is 6.73. The molecule has 0 aromatic heterocycles. The number of phenols is 1. The lowest BCUT2D eigenvalue weighted by Gasteiger charge is -2.04. The molecule has 0 aliphatic heterocycles. The zero-order valence-electron chi connectivity index (χ0n) is 25.9. The summed E-state index contributed by atoms with van der Waals surface area (Å²) in [4.78, 5) is 22.6. The monoisotopic (exact) mass is 744 g/mol. The molecule has 0 heterocycles. The second-order valence-electron chi connectivity index (χ2n) is 9.11. The predicted molar refractivity (Wildman–Crippen MR) is 188 cm³/mol. The van der Waals surface area contributed by atoms with Crippen LogP contribution in [0.4, 0.5) is 22.7 Å². The van der Waals surface area contributed by atoms with E-state index < -0.39 is 0 Å². The van der Waals surface area contributed by atoms with E-state index in [0.29, 0.717) is 46.4 Å². The van der Waals surface area contributed by atoms with Crippen molar-refractivity contribution in [3.05, 3.63) is 108 Å². The number of phenolic OH excluding ortho intramolecular Hbond substituents is 1. The largest absolute Gasteiger partial charge is 0.508 e. The predicted octanol–water partition coefficient (Wildman–Crippen LogP) is 10.5. The first-order chi connectivity index (χ1) is 22.8. The third-order valence-electron chi connectivity index (χ3n) is 5.64. The van der Waals surface area contributed by atoms with Crippen LogP contribution in [-0.4, -0.2) is 55.0 Å². The molecular weight excluding hydrogens is 711 g/mol. The number of carbonyl (C=O) groups is 2. The van der Waals surface area contributed by atoms with Crippen molar-refractivity contribution in [1.29, 1.82) is 0 Å². The third kappa shape index (κ3) is 15.7. The van der Waals surface area contributed by atoms with E-state index in [2.05, 4.69) is 45.9 Å². The second kappa shape index (κ2) is 23.1. The molecule has 4 rings (SSSR count). The Labute approximate surface area is 292 Å². The number of alkyl halides is 3. The van der Waals surface area contributed by atoms with Crippen LogP contribution < -0.4 is 4.74 Å². The van der Waals surface area contributed by atoms with Gasteiger partial charge in [0.05, 0.1) is 54.7 Å². The summed E-state index contributed by atoms with van der Waals surface area (Å²) in [5.74, 6) is 1.55. The number of ether oxygens (including phenoxy) is 3. The molecule has 4 aromatic rings. The van der Waals surface area contributed by atoms with Crippen molar-refractivity contribution >= 4 is 73.8 Å². The van der Waals surface area contributed by atoms with Gasteiger partial charge in [-0.1, -0.05) is 15.9 Å². The van der Waals surface area contributed by atoms with Gasteiger partial charge in [-0.25, -0.2) is 9.59 Å². The molecule has 4 aromatic carbocycles. The van der Waals surface area contributed by atoms with Crippen molar-refractivity contribution in [1.82, 2.24) is 0 Å². The van der Waals surface area contributed by atoms with Crippen LogP contribution in [0.15, 0.2) is 118 Å². The topological polar surface area (TPSA) is 132 Å². The molecular formula is C34H35BrCl2N4O6. The standard InChI is InChI=1S/C17H17ClN2O3.C14H12N2O3.C3H6BrCl/c1-22-17(21)13-3-5-14(6-4-13)19-20-15-7-9-16(10-8-15)23-12-2-11-18;1-19-14(18)10-2-4-11(5-3-10)15-16-12-6-8-13(17)9-7-12;4-2-1-3-5/h3-10H,2,11-12H2,1H3;2-9,17H,1H3;1-3H2. The Hall–Kier alpha value is -4.32. The molecule has 0 aliphatic carbocycles. The highest BCUT2D eigenvalue weighted by molar-refractivity contribution is 9.09. The highest BCUT2D eigenvalue weighted by Crippen LogP contribution is 2.23. The summed E-state index contributed by atoms with van der Waals surface area (Å²) in [5.41, 5.74) is 3.57. The van der Waals surface area contributed by atoms with E-state index in [1.54, 1.807) is 60.7 Å². The van der Waals surface area contributed by atoms with Gasteiger partial charge in [0.15, 0.2) is 0 Å². The van der Waals surface area contributed by atoms with Crippen LogP contribution in [0, 0.1) is 0 Å². The number of hydrogen-bond acceptors (Lipinski definition) is 10. The average molecular weight is 746 g/mol. The van der Waals surface area contributed by atoms with E-state index in [-0.39, 0.29) is 17.7 Å². The van der Waals surface area contributed by atoms with E-state index in [1.165, 1.54) is 26.4 Å². The Morgan fingerprint density at radius 3 is 1.30 bits per heavy atom. The van der Waals surface area contributed by atoms with E-state index in [0.717, 1.165) is 29.8 Å². The molecule has 248 valence electrons. The van der Waals surface area contributed by atoms with Gasteiger partial charge in [-0.05, 0) is 110 Å². The summed E-state index contributed by atoms with van der Waals surface area (Å²) < 4.78 is 14.7. The Morgan fingerprint density at radius 1 is 0.617 bits per heavy atom. The fraction of sp³-hybridized carbons (Fsp3) is 0.235. The summed E-state index contributed by atoms with van der Waals surface area (Å²) in [7, 11) is 2.68. The summed E-state index contributed by atoms with van der Waals surface area (Å²) in [5, 5.41) is 26.5. The van der Waals surface area contributed by atoms with Crippen molar-refractivity contribution in [2.75, 3.05) is 37.9 Å². The molecule has 13 heteroatoms. The first kappa shape index (κ1) is 38.9. The number of methoxy groups -OCH3 is 2. The molecule has 0 fully saturated rings. The zero-order valence-corrected chi connectivity index (χ0v) is 29.0. The lowest BCUT2D eigenvalue weighted by Crippen LogP contribution is -1.99. The molecule has 0 unspecified atom stereocenters. The number of nitrogens with zero attached hydrogens (tertiary/aromatic N) is 4. The number of carbonyl (C=O) groups excluding carboxylic acids is 2. The smallest absolute Gasteiger partial charge is 0.337 e. The van der Waals surface area contributed by atoms with Gasteiger partial charge in [0.25, 0.3) is 0 Å². The fourth-order valence-corrected chi connectivity index (χ4v) is 4.06.